The molecule has 0 bridgehead atoms. The number of hydrogen-bond donors (Lipinski definition) is 4. The Labute approximate surface area is 249 Å². The van der Waals surface area contributed by atoms with Crippen molar-refractivity contribution in [1.82, 2.24) is 10.2 Å². The number of amides is 2. The number of hydrogen-bond acceptors (Lipinski definition) is 7. The summed E-state index contributed by atoms with van der Waals surface area (Å²) in [6.07, 6.45) is 1.45. The van der Waals surface area contributed by atoms with Gasteiger partial charge in [-0.3, -0.25) is 9.59 Å². The number of nitrogens with zero attached hydrogens (tertiary/aromatic N) is 1. The number of halogens is 1. The molecule has 0 saturated carbocycles. The number of rotatable bonds is 13. The maximum Gasteiger partial charge on any atom is 0.247 e. The minimum absolute atomic E-state index is 0.0752. The average molecular weight is 667 g/mol. The summed E-state index contributed by atoms with van der Waals surface area (Å²) in [7, 11) is 1.48. The van der Waals surface area contributed by atoms with Gasteiger partial charge in [-0.15, -0.1) is 0 Å². The third kappa shape index (κ3) is 8.18. The van der Waals surface area contributed by atoms with E-state index in [0.717, 1.165) is 17.5 Å². The predicted molar refractivity (Wildman–Crippen MR) is 160 cm³/mol. The number of aryl methyl sites for hydroxylation is 1. The summed E-state index contributed by atoms with van der Waals surface area (Å²) in [5, 5.41) is 33.2. The van der Waals surface area contributed by atoms with Crippen molar-refractivity contribution in [3.05, 3.63) is 68.3 Å². The molecule has 3 rings (SSSR count). The number of benzene rings is 2. The predicted octanol–water partition coefficient (Wildman–Crippen LogP) is 3.24. The van der Waals surface area contributed by atoms with E-state index in [1.165, 1.54) is 7.11 Å². The summed E-state index contributed by atoms with van der Waals surface area (Å²) in [6, 6.07) is 10.5. The van der Waals surface area contributed by atoms with Crippen LogP contribution in [0.5, 0.6) is 11.5 Å². The number of methoxy groups -OCH3 is 1. The highest BCUT2D eigenvalue weighted by atomic mass is 127. The Morgan fingerprint density at radius 3 is 2.50 bits per heavy atom. The van der Waals surface area contributed by atoms with Crippen LogP contribution in [-0.2, 0) is 22.7 Å². The van der Waals surface area contributed by atoms with Gasteiger partial charge in [-0.2, -0.15) is 0 Å². The molecule has 9 nitrogen and oxygen atoms in total. The SMILES string of the molecule is CCCCC(=O)N(Cc1ccc(C)cc1)C1CC(C(=O)NCCO)=CC(Oc2c(I)cc(CO)cc2OC)C1O. The maximum atomic E-state index is 13.5. The lowest BCUT2D eigenvalue weighted by Crippen LogP contribution is -2.54. The first-order valence-electron chi connectivity index (χ1n) is 13.5. The Kier molecular flexibility index (Phi) is 12.2. The molecule has 0 radical (unpaired) electrons. The highest BCUT2D eigenvalue weighted by molar-refractivity contribution is 14.1. The summed E-state index contributed by atoms with van der Waals surface area (Å²) in [5.74, 6) is 0.231. The van der Waals surface area contributed by atoms with Crippen LogP contribution in [0.3, 0.4) is 0 Å². The molecule has 0 aromatic heterocycles. The van der Waals surface area contributed by atoms with Gasteiger partial charge in [0.05, 0.1) is 29.9 Å². The lowest BCUT2D eigenvalue weighted by atomic mass is 9.87. The van der Waals surface area contributed by atoms with Gasteiger partial charge in [0.25, 0.3) is 0 Å². The molecule has 2 amide bonds. The maximum absolute atomic E-state index is 13.5. The fourth-order valence-corrected chi connectivity index (χ4v) is 5.44. The fraction of sp³-hybridized carbons (Fsp3) is 0.467. The van der Waals surface area contributed by atoms with E-state index in [-0.39, 0.29) is 38.6 Å². The smallest absolute Gasteiger partial charge is 0.247 e. The lowest BCUT2D eigenvalue weighted by Gasteiger charge is -2.41. The zero-order valence-corrected chi connectivity index (χ0v) is 25.4. The van der Waals surface area contributed by atoms with Gasteiger partial charge in [0.15, 0.2) is 11.5 Å². The van der Waals surface area contributed by atoms with Gasteiger partial charge in [-0.05, 0) is 65.3 Å². The quantitative estimate of drug-likeness (QED) is 0.242. The van der Waals surface area contributed by atoms with Gasteiger partial charge >= 0.3 is 0 Å². The van der Waals surface area contributed by atoms with Crippen LogP contribution in [0, 0.1) is 10.5 Å². The molecule has 0 aliphatic heterocycles. The molecule has 0 spiro atoms. The van der Waals surface area contributed by atoms with E-state index in [0.29, 0.717) is 39.0 Å². The van der Waals surface area contributed by atoms with Crippen molar-refractivity contribution in [2.75, 3.05) is 20.3 Å². The van der Waals surface area contributed by atoms with Crippen molar-refractivity contribution in [2.45, 2.75) is 70.9 Å². The normalized spacial score (nSPS) is 18.6. The number of aliphatic hydroxyl groups excluding tert-OH is 3. The van der Waals surface area contributed by atoms with Crippen molar-refractivity contribution < 1.29 is 34.4 Å². The minimum atomic E-state index is -1.15. The Morgan fingerprint density at radius 1 is 1.15 bits per heavy atom. The second-order valence-corrected chi connectivity index (χ2v) is 11.1. The summed E-state index contributed by atoms with van der Waals surface area (Å²) in [6.45, 7) is 3.96. The minimum Gasteiger partial charge on any atom is -0.493 e. The molecule has 4 N–H and O–H groups in total. The Morgan fingerprint density at radius 2 is 1.88 bits per heavy atom. The fourth-order valence-electron chi connectivity index (χ4n) is 4.65. The molecular formula is C30H39IN2O7. The number of carbonyl (C=O) groups is 2. The third-order valence-electron chi connectivity index (χ3n) is 6.88. The third-order valence-corrected chi connectivity index (χ3v) is 7.68. The Balaban J connectivity index is 2.02. The van der Waals surface area contributed by atoms with Gasteiger partial charge in [-0.1, -0.05) is 43.2 Å². The topological polar surface area (TPSA) is 129 Å². The van der Waals surface area contributed by atoms with Crippen molar-refractivity contribution in [1.29, 1.82) is 0 Å². The second kappa shape index (κ2) is 15.4. The van der Waals surface area contributed by atoms with Crippen molar-refractivity contribution in [3.8, 4) is 11.5 Å². The molecule has 10 heteroatoms. The molecule has 0 heterocycles. The zero-order chi connectivity index (χ0) is 29.2. The molecule has 0 saturated heterocycles. The van der Waals surface area contributed by atoms with Crippen molar-refractivity contribution in [2.24, 2.45) is 0 Å². The lowest BCUT2D eigenvalue weighted by molar-refractivity contribution is -0.139. The molecule has 0 fully saturated rings. The highest BCUT2D eigenvalue weighted by Gasteiger charge is 2.40. The van der Waals surface area contributed by atoms with Crippen LogP contribution >= 0.6 is 22.6 Å². The van der Waals surface area contributed by atoms with Crippen LogP contribution < -0.4 is 14.8 Å². The van der Waals surface area contributed by atoms with E-state index in [1.807, 2.05) is 38.1 Å². The molecule has 3 unspecified atom stereocenters. The largest absolute Gasteiger partial charge is 0.493 e. The number of ether oxygens (including phenoxy) is 2. The van der Waals surface area contributed by atoms with Crippen molar-refractivity contribution in [3.63, 3.8) is 0 Å². The molecule has 218 valence electrons. The number of unbranched alkanes of at least 4 members (excludes halogenated alkanes) is 1. The number of nitrogens with one attached hydrogen (secondary N) is 1. The first-order chi connectivity index (χ1) is 19.2. The summed E-state index contributed by atoms with van der Waals surface area (Å²) in [5.41, 5.74) is 3.00. The zero-order valence-electron chi connectivity index (χ0n) is 23.2. The Hall–Kier alpha value is -2.67. The summed E-state index contributed by atoms with van der Waals surface area (Å²) in [4.78, 5) is 28.2. The molecule has 2 aromatic rings. The monoisotopic (exact) mass is 666 g/mol. The molecule has 2 aromatic carbocycles. The summed E-state index contributed by atoms with van der Waals surface area (Å²) < 4.78 is 12.5. The number of aliphatic hydroxyl groups is 3. The first kappa shape index (κ1) is 31.9. The average Bonchev–Trinajstić information content (AvgIpc) is 2.96. The van der Waals surface area contributed by atoms with Crippen LogP contribution in [0.15, 0.2) is 48.0 Å². The highest BCUT2D eigenvalue weighted by Crippen LogP contribution is 2.37. The number of carbonyl (C=O) groups excluding carboxylic acids is 2. The van der Waals surface area contributed by atoms with Crippen LogP contribution in [0.25, 0.3) is 0 Å². The van der Waals surface area contributed by atoms with Crippen LogP contribution in [-0.4, -0.2) is 70.5 Å². The summed E-state index contributed by atoms with van der Waals surface area (Å²) >= 11 is 2.07. The van der Waals surface area contributed by atoms with Gasteiger partial charge in [0.1, 0.15) is 12.2 Å². The van der Waals surface area contributed by atoms with Gasteiger partial charge in [-0.25, -0.2) is 0 Å². The van der Waals surface area contributed by atoms with E-state index in [1.54, 1.807) is 23.1 Å². The molecular weight excluding hydrogens is 627 g/mol. The van der Waals surface area contributed by atoms with Crippen molar-refractivity contribution >= 4 is 34.4 Å². The van der Waals surface area contributed by atoms with E-state index < -0.39 is 24.2 Å². The first-order valence-corrected chi connectivity index (χ1v) is 14.6. The van der Waals surface area contributed by atoms with E-state index in [9.17, 15) is 24.9 Å². The second-order valence-electron chi connectivity index (χ2n) is 9.89. The van der Waals surface area contributed by atoms with Gasteiger partial charge in [0, 0.05) is 31.5 Å². The molecule has 3 atom stereocenters. The van der Waals surface area contributed by atoms with Gasteiger partial charge in [0.2, 0.25) is 11.8 Å². The van der Waals surface area contributed by atoms with Crippen LogP contribution in [0.2, 0.25) is 0 Å². The van der Waals surface area contributed by atoms with Crippen LogP contribution in [0.1, 0.15) is 49.3 Å². The molecule has 40 heavy (non-hydrogen) atoms. The standard InChI is InChI=1S/C30H39IN2O7/c1-4-5-6-27(36)33(17-20-9-7-19(2)8-10-20)24-15-22(30(38)32-11-12-34)16-25(28(24)37)40-29-23(31)13-21(18-35)14-26(29)39-3/h7-10,13-14,16,24-25,28,34-35,37H,4-6,11-12,15,17-18H2,1-3H3,(H,32,38). The van der Waals surface area contributed by atoms with Crippen LogP contribution in [0.4, 0.5) is 0 Å². The van der Waals surface area contributed by atoms with E-state index in [4.69, 9.17) is 9.47 Å². The van der Waals surface area contributed by atoms with E-state index >= 15 is 0 Å². The van der Waals surface area contributed by atoms with Gasteiger partial charge < -0.3 is 35.0 Å². The Bertz CT molecular complexity index is 1190. The molecule has 1 aliphatic carbocycles. The van der Waals surface area contributed by atoms with E-state index in [2.05, 4.69) is 27.9 Å². The molecule has 1 aliphatic rings.